The maximum atomic E-state index is 13.0. The minimum atomic E-state index is -0.322. The van der Waals surface area contributed by atoms with E-state index in [0.717, 1.165) is 59.1 Å². The van der Waals surface area contributed by atoms with E-state index in [1.807, 2.05) is 60.8 Å². The van der Waals surface area contributed by atoms with Crippen molar-refractivity contribution < 1.29 is 9.32 Å². The van der Waals surface area contributed by atoms with Gasteiger partial charge in [-0.3, -0.25) is 4.98 Å². The number of carbonyl (C=O) groups excluding carboxylic acids is 1. The zero-order valence-corrected chi connectivity index (χ0v) is 22.0. The molecule has 3 heterocycles. The first-order valence-electron chi connectivity index (χ1n) is 12.3. The number of nitrogens with one attached hydrogen (secondary N) is 2. The van der Waals surface area contributed by atoms with E-state index in [-0.39, 0.29) is 18.4 Å². The average Bonchev–Trinajstić information content (AvgIpc) is 3.34. The summed E-state index contributed by atoms with van der Waals surface area (Å²) >= 11 is 0. The molecule has 9 nitrogen and oxygen atoms in total. The van der Waals surface area contributed by atoms with Gasteiger partial charge in [0.2, 0.25) is 11.7 Å². The molecule has 0 radical (unpaired) electrons. The van der Waals surface area contributed by atoms with Crippen LogP contribution < -0.4 is 15.5 Å². The minimum Gasteiger partial charge on any atom is -0.368 e. The third kappa shape index (κ3) is 4.98. The maximum absolute atomic E-state index is 13.0. The van der Waals surface area contributed by atoms with Gasteiger partial charge in [0.1, 0.15) is 0 Å². The Labute approximate surface area is 226 Å². The van der Waals surface area contributed by atoms with Gasteiger partial charge >= 0.3 is 6.03 Å². The third-order valence-electron chi connectivity index (χ3n) is 6.76. The number of aryl methyl sites for hydroxylation is 1. The Morgan fingerprint density at radius 2 is 1.71 bits per heavy atom. The summed E-state index contributed by atoms with van der Waals surface area (Å²) in [5, 5.41) is 12.9. The van der Waals surface area contributed by atoms with Crippen molar-refractivity contribution in [1.29, 1.82) is 0 Å². The van der Waals surface area contributed by atoms with Crippen molar-refractivity contribution in [2.45, 2.75) is 6.92 Å². The molecule has 194 valence electrons. The molecule has 6 rings (SSSR count). The van der Waals surface area contributed by atoms with Gasteiger partial charge in [-0.05, 0) is 42.8 Å². The number of fused-ring (bicyclic) bond motifs is 2. The van der Waals surface area contributed by atoms with E-state index in [0.29, 0.717) is 23.1 Å². The normalized spacial score (nSPS) is 13.9. The van der Waals surface area contributed by atoms with E-state index in [1.165, 1.54) is 0 Å². The summed E-state index contributed by atoms with van der Waals surface area (Å²) in [6.45, 7) is 5.71. The highest BCUT2D eigenvalue weighted by molar-refractivity contribution is 6.09. The number of rotatable bonds is 4. The summed E-state index contributed by atoms with van der Waals surface area (Å²) in [6, 6.07) is 19.1. The van der Waals surface area contributed by atoms with Crippen molar-refractivity contribution in [2.75, 3.05) is 48.8 Å². The summed E-state index contributed by atoms with van der Waals surface area (Å²) in [6.07, 6.45) is 1.85. The molecule has 0 unspecified atom stereocenters. The van der Waals surface area contributed by atoms with Crippen molar-refractivity contribution in [2.24, 2.45) is 0 Å². The second kappa shape index (κ2) is 10.6. The molecular weight excluding hydrogens is 502 g/mol. The first-order chi connectivity index (χ1) is 18.0. The molecule has 1 aliphatic rings. The van der Waals surface area contributed by atoms with Gasteiger partial charge in [-0.2, -0.15) is 4.98 Å². The van der Waals surface area contributed by atoms with Crippen LogP contribution >= 0.6 is 12.4 Å². The van der Waals surface area contributed by atoms with Gasteiger partial charge in [-0.25, -0.2) is 4.79 Å². The SMILES string of the molecule is Cc1nc(-c2cccc3c(NC(=O)Nc4ccc5nccc(N6CCN(C)CC6)c5c4)cccc23)no1.Cl. The van der Waals surface area contributed by atoms with Gasteiger partial charge in [0, 0.05) is 67.0 Å². The second-order valence-corrected chi connectivity index (χ2v) is 9.27. The number of amides is 2. The van der Waals surface area contributed by atoms with Crippen LogP contribution in [0, 0.1) is 6.92 Å². The molecule has 2 N–H and O–H groups in total. The summed E-state index contributed by atoms with van der Waals surface area (Å²) in [5.74, 6) is 1.02. The van der Waals surface area contributed by atoms with Crippen LogP contribution in [0.25, 0.3) is 33.1 Å². The van der Waals surface area contributed by atoms with Gasteiger partial charge in [-0.1, -0.05) is 35.5 Å². The van der Waals surface area contributed by atoms with E-state index in [1.54, 1.807) is 6.92 Å². The van der Waals surface area contributed by atoms with Crippen molar-refractivity contribution in [1.82, 2.24) is 20.0 Å². The predicted molar refractivity (Wildman–Crippen MR) is 153 cm³/mol. The number of anilines is 3. The van der Waals surface area contributed by atoms with Gasteiger partial charge in [-0.15, -0.1) is 12.4 Å². The van der Waals surface area contributed by atoms with Crippen LogP contribution in [-0.2, 0) is 0 Å². The monoisotopic (exact) mass is 529 g/mol. The summed E-state index contributed by atoms with van der Waals surface area (Å²) < 4.78 is 5.16. The van der Waals surface area contributed by atoms with Crippen LogP contribution in [0.2, 0.25) is 0 Å². The molecule has 3 aromatic carbocycles. The topological polar surface area (TPSA) is 99.4 Å². The number of hydrogen-bond acceptors (Lipinski definition) is 7. The first kappa shape index (κ1) is 25.4. The lowest BCUT2D eigenvalue weighted by molar-refractivity contribution is 0.262. The van der Waals surface area contributed by atoms with Crippen LogP contribution in [0.15, 0.2) is 71.4 Å². The van der Waals surface area contributed by atoms with Gasteiger partial charge < -0.3 is 25.0 Å². The molecule has 10 heteroatoms. The maximum Gasteiger partial charge on any atom is 0.323 e. The Balaban J connectivity index is 0.00000294. The van der Waals surface area contributed by atoms with Crippen molar-refractivity contribution in [3.63, 3.8) is 0 Å². The molecule has 5 aromatic rings. The third-order valence-corrected chi connectivity index (χ3v) is 6.76. The summed E-state index contributed by atoms with van der Waals surface area (Å²) in [7, 11) is 2.14. The quantitative estimate of drug-likeness (QED) is 0.314. The smallest absolute Gasteiger partial charge is 0.323 e. The number of urea groups is 1. The average molecular weight is 530 g/mol. The van der Waals surface area contributed by atoms with E-state index in [9.17, 15) is 4.79 Å². The van der Waals surface area contributed by atoms with Gasteiger partial charge in [0.15, 0.2) is 0 Å². The molecule has 1 saturated heterocycles. The second-order valence-electron chi connectivity index (χ2n) is 9.27. The Morgan fingerprint density at radius 1 is 0.921 bits per heavy atom. The lowest BCUT2D eigenvalue weighted by Crippen LogP contribution is -2.44. The minimum absolute atomic E-state index is 0. The number of hydrogen-bond donors (Lipinski definition) is 2. The highest BCUT2D eigenvalue weighted by atomic mass is 35.5. The summed E-state index contributed by atoms with van der Waals surface area (Å²) in [5.41, 5.74) is 4.28. The van der Waals surface area contributed by atoms with Crippen molar-refractivity contribution in [3.05, 3.63) is 72.8 Å². The first-order valence-corrected chi connectivity index (χ1v) is 12.3. The number of benzene rings is 3. The number of aromatic nitrogens is 3. The largest absolute Gasteiger partial charge is 0.368 e. The number of likely N-dealkylation sites (N-methyl/N-ethyl adjacent to an activating group) is 1. The van der Waals surface area contributed by atoms with Crippen LogP contribution in [-0.4, -0.2) is 59.3 Å². The Kier molecular flexibility index (Phi) is 7.13. The van der Waals surface area contributed by atoms with E-state index < -0.39 is 0 Å². The Morgan fingerprint density at radius 3 is 2.50 bits per heavy atom. The van der Waals surface area contributed by atoms with Crippen molar-refractivity contribution in [3.8, 4) is 11.4 Å². The number of carbonyl (C=O) groups is 1. The lowest BCUT2D eigenvalue weighted by Gasteiger charge is -2.34. The molecule has 1 fully saturated rings. The van der Waals surface area contributed by atoms with Crippen LogP contribution in [0.3, 0.4) is 0 Å². The fourth-order valence-corrected chi connectivity index (χ4v) is 4.84. The molecule has 1 aliphatic heterocycles. The number of pyridine rings is 1. The molecular formula is C28H28ClN7O2. The Bertz CT molecular complexity index is 1610. The van der Waals surface area contributed by atoms with Gasteiger partial charge in [0.25, 0.3) is 0 Å². The fraction of sp³-hybridized carbons (Fsp3) is 0.214. The van der Waals surface area contributed by atoms with Crippen LogP contribution in [0.1, 0.15) is 5.89 Å². The van der Waals surface area contributed by atoms with E-state index in [2.05, 4.69) is 48.7 Å². The van der Waals surface area contributed by atoms with Crippen molar-refractivity contribution >= 4 is 57.2 Å². The fourth-order valence-electron chi connectivity index (χ4n) is 4.84. The molecule has 0 aliphatic carbocycles. The lowest BCUT2D eigenvalue weighted by atomic mass is 10.0. The molecule has 0 bridgehead atoms. The standard InChI is InChI=1S/C28H27N7O2.ClH/c1-18-30-27(33-37-18)22-7-3-6-21-20(22)5-4-8-25(21)32-28(36)31-19-9-10-24-23(17-19)26(11-12-29-24)35-15-13-34(2)14-16-35;/h3-12,17H,13-16H2,1-2H3,(H2,31,32,36);1H. The zero-order chi connectivity index (χ0) is 25.4. The molecule has 0 atom stereocenters. The summed E-state index contributed by atoms with van der Waals surface area (Å²) in [4.78, 5) is 26.6. The zero-order valence-electron chi connectivity index (χ0n) is 21.1. The predicted octanol–water partition coefficient (Wildman–Crippen LogP) is 5.56. The number of halogens is 1. The Hall–Kier alpha value is -4.21. The number of piperazine rings is 1. The highest BCUT2D eigenvalue weighted by Gasteiger charge is 2.17. The van der Waals surface area contributed by atoms with E-state index in [4.69, 9.17) is 4.52 Å². The van der Waals surface area contributed by atoms with Crippen LogP contribution in [0.4, 0.5) is 21.9 Å². The van der Waals surface area contributed by atoms with Crippen LogP contribution in [0.5, 0.6) is 0 Å². The molecule has 2 aromatic heterocycles. The van der Waals surface area contributed by atoms with Gasteiger partial charge in [0.05, 0.1) is 11.2 Å². The molecule has 0 spiro atoms. The highest BCUT2D eigenvalue weighted by Crippen LogP contribution is 2.32. The van der Waals surface area contributed by atoms with E-state index >= 15 is 0 Å². The number of nitrogens with zero attached hydrogens (tertiary/aromatic N) is 5. The molecule has 38 heavy (non-hydrogen) atoms. The molecule has 0 saturated carbocycles. The molecule has 2 amide bonds.